The largest absolute Gasteiger partial charge is 0.463 e. The summed E-state index contributed by atoms with van der Waals surface area (Å²) in [6, 6.07) is 7.91. The number of ether oxygens (including phenoxy) is 1. The minimum atomic E-state index is -0.649. The monoisotopic (exact) mass is 538 g/mol. The molecule has 1 aromatic carbocycles. The molecule has 5 rings (SSSR count). The smallest absolute Gasteiger partial charge is 0.338 e. The van der Waals surface area contributed by atoms with E-state index in [0.717, 1.165) is 42.9 Å². The third-order valence-corrected chi connectivity index (χ3v) is 8.44. The first-order chi connectivity index (χ1) is 17.9. The summed E-state index contributed by atoms with van der Waals surface area (Å²) in [5, 5.41) is 13.4. The molecule has 2 aliphatic rings. The van der Waals surface area contributed by atoms with Gasteiger partial charge in [0.1, 0.15) is 6.04 Å². The number of carbonyl (C=O) groups excluding carboxylic acids is 1. The molecule has 0 aliphatic carbocycles. The number of thiazole rings is 1. The third kappa shape index (κ3) is 4.76. The van der Waals surface area contributed by atoms with Crippen molar-refractivity contribution in [3.05, 3.63) is 87.2 Å². The Bertz CT molecular complexity index is 1560. The second kappa shape index (κ2) is 10.4. The molecule has 192 valence electrons. The van der Waals surface area contributed by atoms with Gasteiger partial charge in [0, 0.05) is 41.4 Å². The molecule has 1 fully saturated rings. The van der Waals surface area contributed by atoms with Crippen molar-refractivity contribution in [2.24, 2.45) is 4.99 Å². The highest BCUT2D eigenvalue weighted by Crippen LogP contribution is 2.33. The topological polar surface area (TPSA) is 107 Å². The molecule has 1 atom stereocenters. The first kappa shape index (κ1) is 25.1. The maximum atomic E-state index is 13.8. The standard InChI is InChI=1S/C26H26N4O5S2/c1-3-35-25(32)22-16(2)27-26-29(23(22)20-8-7-13-36-20)24(31)21(37-26)15-17-14-18(30(33)34)9-10-19(17)28-11-5-4-6-12-28/h7-10,13-15,23H,3-6,11-12H2,1-2H3/b21-15+. The fraction of sp³-hybridized carbons (Fsp3) is 0.346. The molecule has 11 heteroatoms. The van der Waals surface area contributed by atoms with Gasteiger partial charge < -0.3 is 9.64 Å². The van der Waals surface area contributed by atoms with Crippen LogP contribution in [0.25, 0.3) is 6.08 Å². The first-order valence-corrected chi connectivity index (χ1v) is 13.8. The zero-order valence-corrected chi connectivity index (χ0v) is 22.1. The molecular formula is C26H26N4O5S2. The quantitative estimate of drug-likeness (QED) is 0.269. The van der Waals surface area contributed by atoms with Gasteiger partial charge in [-0.3, -0.25) is 19.5 Å². The Morgan fingerprint density at radius 2 is 2.05 bits per heavy atom. The normalized spacial score (nSPS) is 17.9. The Balaban J connectivity index is 1.70. The molecule has 1 saturated heterocycles. The summed E-state index contributed by atoms with van der Waals surface area (Å²) in [6.45, 7) is 5.42. The van der Waals surface area contributed by atoms with Gasteiger partial charge in [-0.2, -0.15) is 0 Å². The van der Waals surface area contributed by atoms with E-state index in [9.17, 15) is 19.7 Å². The Morgan fingerprint density at radius 3 is 2.73 bits per heavy atom. The average Bonchev–Trinajstić information content (AvgIpc) is 3.52. The summed E-state index contributed by atoms with van der Waals surface area (Å²) in [4.78, 5) is 46.0. The van der Waals surface area contributed by atoms with Gasteiger partial charge in [-0.05, 0) is 56.7 Å². The van der Waals surface area contributed by atoms with Crippen LogP contribution in [0.4, 0.5) is 11.4 Å². The van der Waals surface area contributed by atoms with Crippen molar-refractivity contribution >= 4 is 46.1 Å². The van der Waals surface area contributed by atoms with Crippen LogP contribution in [0.3, 0.4) is 0 Å². The van der Waals surface area contributed by atoms with E-state index in [1.807, 2.05) is 17.5 Å². The molecule has 0 radical (unpaired) electrons. The van der Waals surface area contributed by atoms with Crippen molar-refractivity contribution in [3.8, 4) is 0 Å². The van der Waals surface area contributed by atoms with Crippen LogP contribution in [-0.4, -0.2) is 35.2 Å². The number of benzene rings is 1. The predicted octanol–water partition coefficient (Wildman–Crippen LogP) is 3.76. The molecule has 9 nitrogen and oxygen atoms in total. The number of esters is 1. The maximum Gasteiger partial charge on any atom is 0.338 e. The molecule has 0 bridgehead atoms. The summed E-state index contributed by atoms with van der Waals surface area (Å²) in [5.41, 5.74) is 2.01. The lowest BCUT2D eigenvalue weighted by molar-refractivity contribution is -0.384. The number of anilines is 1. The number of nitro benzene ring substituents is 1. The highest BCUT2D eigenvalue weighted by molar-refractivity contribution is 7.10. The van der Waals surface area contributed by atoms with Crippen LogP contribution in [0.1, 0.15) is 49.6 Å². The molecule has 2 aromatic heterocycles. The van der Waals surface area contributed by atoms with Crippen LogP contribution in [0, 0.1) is 10.1 Å². The van der Waals surface area contributed by atoms with Crippen molar-refractivity contribution in [3.63, 3.8) is 0 Å². The fourth-order valence-electron chi connectivity index (χ4n) is 4.84. The van der Waals surface area contributed by atoms with Crippen LogP contribution >= 0.6 is 22.7 Å². The van der Waals surface area contributed by atoms with Crippen LogP contribution in [-0.2, 0) is 9.53 Å². The molecule has 1 unspecified atom stereocenters. The Morgan fingerprint density at radius 1 is 1.27 bits per heavy atom. The van der Waals surface area contributed by atoms with Crippen molar-refractivity contribution in [1.82, 2.24) is 4.57 Å². The van der Waals surface area contributed by atoms with Crippen molar-refractivity contribution in [1.29, 1.82) is 0 Å². The summed E-state index contributed by atoms with van der Waals surface area (Å²) >= 11 is 2.67. The molecule has 37 heavy (non-hydrogen) atoms. The van der Waals surface area contributed by atoms with E-state index in [2.05, 4.69) is 9.89 Å². The van der Waals surface area contributed by atoms with E-state index >= 15 is 0 Å². The fourth-order valence-corrected chi connectivity index (χ4v) is 6.70. The van der Waals surface area contributed by atoms with E-state index in [1.54, 1.807) is 30.6 Å². The van der Waals surface area contributed by atoms with Gasteiger partial charge in [0.05, 0.1) is 27.3 Å². The molecule has 0 spiro atoms. The van der Waals surface area contributed by atoms with Crippen LogP contribution in [0.15, 0.2) is 56.8 Å². The second-order valence-corrected chi connectivity index (χ2v) is 10.9. The number of rotatable bonds is 6. The van der Waals surface area contributed by atoms with Crippen molar-refractivity contribution in [2.75, 3.05) is 24.6 Å². The van der Waals surface area contributed by atoms with E-state index in [1.165, 1.54) is 34.8 Å². The Labute approximate surface area is 220 Å². The molecule has 4 heterocycles. The van der Waals surface area contributed by atoms with Crippen LogP contribution in [0.2, 0.25) is 0 Å². The predicted molar refractivity (Wildman–Crippen MR) is 144 cm³/mol. The number of allylic oxidation sites excluding steroid dienone is 1. The van der Waals surface area contributed by atoms with Gasteiger partial charge in [-0.15, -0.1) is 11.3 Å². The van der Waals surface area contributed by atoms with Gasteiger partial charge in [-0.1, -0.05) is 17.4 Å². The minimum absolute atomic E-state index is 0.0308. The molecule has 2 aliphatic heterocycles. The van der Waals surface area contributed by atoms with Gasteiger partial charge in [0.2, 0.25) is 0 Å². The van der Waals surface area contributed by atoms with Crippen molar-refractivity contribution in [2.45, 2.75) is 39.2 Å². The second-order valence-electron chi connectivity index (χ2n) is 8.87. The van der Waals surface area contributed by atoms with E-state index in [-0.39, 0.29) is 17.9 Å². The number of hydrogen-bond donors (Lipinski definition) is 0. The van der Waals surface area contributed by atoms with Crippen LogP contribution < -0.4 is 19.8 Å². The van der Waals surface area contributed by atoms with E-state index in [0.29, 0.717) is 26.2 Å². The van der Waals surface area contributed by atoms with Crippen molar-refractivity contribution < 1.29 is 14.5 Å². The lowest BCUT2D eigenvalue weighted by Crippen LogP contribution is -2.39. The molecule has 0 amide bonds. The number of carbonyl (C=O) groups is 1. The Hall–Kier alpha value is -3.57. The zero-order chi connectivity index (χ0) is 26.1. The highest BCUT2D eigenvalue weighted by Gasteiger charge is 2.34. The molecule has 0 saturated carbocycles. The third-order valence-electron chi connectivity index (χ3n) is 6.53. The van der Waals surface area contributed by atoms with Gasteiger partial charge in [0.25, 0.3) is 11.2 Å². The van der Waals surface area contributed by atoms with Gasteiger partial charge >= 0.3 is 5.97 Å². The van der Waals surface area contributed by atoms with Crippen LogP contribution in [0.5, 0.6) is 0 Å². The lowest BCUT2D eigenvalue weighted by Gasteiger charge is -2.30. The number of nitro groups is 1. The Kier molecular flexibility index (Phi) is 7.07. The summed E-state index contributed by atoms with van der Waals surface area (Å²) < 4.78 is 7.26. The van der Waals surface area contributed by atoms with Gasteiger partial charge in [0.15, 0.2) is 4.80 Å². The molecular weight excluding hydrogens is 512 g/mol. The summed E-state index contributed by atoms with van der Waals surface area (Å²) in [7, 11) is 0. The van der Waals surface area contributed by atoms with E-state index in [4.69, 9.17) is 4.74 Å². The summed E-state index contributed by atoms with van der Waals surface area (Å²) in [6.07, 6.45) is 4.97. The van der Waals surface area contributed by atoms with E-state index < -0.39 is 16.9 Å². The minimum Gasteiger partial charge on any atom is -0.463 e. The zero-order valence-electron chi connectivity index (χ0n) is 20.5. The number of nitrogens with zero attached hydrogens (tertiary/aromatic N) is 4. The number of thiophene rings is 1. The first-order valence-electron chi connectivity index (χ1n) is 12.2. The highest BCUT2D eigenvalue weighted by atomic mass is 32.1. The summed E-state index contributed by atoms with van der Waals surface area (Å²) in [5.74, 6) is -0.498. The lowest BCUT2D eigenvalue weighted by atomic mass is 10.0. The van der Waals surface area contributed by atoms with Gasteiger partial charge in [-0.25, -0.2) is 9.79 Å². The molecule has 3 aromatic rings. The number of piperidine rings is 1. The average molecular weight is 539 g/mol. The SMILES string of the molecule is CCOC(=O)C1=C(C)N=c2s/c(=C/c3cc([N+](=O)[O-])ccc3N3CCCCC3)c(=O)n2C1c1cccs1. The number of non-ortho nitro benzene ring substituents is 1. The number of hydrogen-bond acceptors (Lipinski definition) is 9. The number of aromatic nitrogens is 1. The molecule has 0 N–H and O–H groups in total. The maximum absolute atomic E-state index is 13.8. The number of fused-ring (bicyclic) bond motifs is 1.